The minimum absolute atomic E-state index is 0.505. The van der Waals surface area contributed by atoms with Gasteiger partial charge in [-0.2, -0.15) is 0 Å². The van der Waals surface area contributed by atoms with Crippen LogP contribution in [0.4, 0.5) is 22.5 Å². The third-order valence-corrected chi connectivity index (χ3v) is 6.00. The number of nitrogens with zero attached hydrogens (tertiary/aromatic N) is 4. The number of thiazole rings is 1. The van der Waals surface area contributed by atoms with E-state index >= 15 is 0 Å². The van der Waals surface area contributed by atoms with Crippen LogP contribution in [0.2, 0.25) is 10.0 Å². The Hall–Kier alpha value is -2.67. The third-order valence-electron chi connectivity index (χ3n) is 4.26. The molecule has 0 radical (unpaired) electrons. The smallest absolute Gasteiger partial charge is 0.227 e. The van der Waals surface area contributed by atoms with Gasteiger partial charge in [0.05, 0.1) is 16.3 Å². The second-order valence-corrected chi connectivity index (χ2v) is 8.20. The molecule has 0 aliphatic carbocycles. The van der Waals surface area contributed by atoms with E-state index in [0.717, 1.165) is 32.8 Å². The van der Waals surface area contributed by atoms with Crippen molar-refractivity contribution in [2.45, 2.75) is 6.92 Å². The van der Waals surface area contributed by atoms with Crippen molar-refractivity contribution in [2.24, 2.45) is 0 Å². The zero-order valence-corrected chi connectivity index (χ0v) is 18.1. The van der Waals surface area contributed by atoms with Crippen molar-refractivity contribution in [3.63, 3.8) is 0 Å². The molecule has 0 amide bonds. The highest BCUT2D eigenvalue weighted by atomic mass is 35.5. The first-order chi connectivity index (χ1) is 14.0. The van der Waals surface area contributed by atoms with E-state index in [-0.39, 0.29) is 0 Å². The molecule has 0 fully saturated rings. The Morgan fingerprint density at radius 2 is 1.76 bits per heavy atom. The minimum Gasteiger partial charge on any atom is -0.324 e. The molecule has 0 atom stereocenters. The molecule has 5 nitrogen and oxygen atoms in total. The van der Waals surface area contributed by atoms with Crippen molar-refractivity contribution in [3.05, 3.63) is 76.5 Å². The van der Waals surface area contributed by atoms with Gasteiger partial charge in [-0.25, -0.2) is 15.0 Å². The van der Waals surface area contributed by atoms with Gasteiger partial charge in [-0.15, -0.1) is 0 Å². The van der Waals surface area contributed by atoms with Crippen LogP contribution in [-0.2, 0) is 0 Å². The molecule has 0 bridgehead atoms. The lowest BCUT2D eigenvalue weighted by Crippen LogP contribution is -2.08. The summed E-state index contributed by atoms with van der Waals surface area (Å²) >= 11 is 13.6. The zero-order valence-electron chi connectivity index (χ0n) is 15.7. The molecule has 2 heterocycles. The Kier molecular flexibility index (Phi) is 5.67. The molecule has 8 heteroatoms. The summed E-state index contributed by atoms with van der Waals surface area (Å²) in [4.78, 5) is 16.7. The molecule has 0 aliphatic rings. The van der Waals surface area contributed by atoms with Crippen LogP contribution in [0.3, 0.4) is 0 Å². The molecule has 4 rings (SSSR count). The van der Waals surface area contributed by atoms with E-state index in [4.69, 9.17) is 28.2 Å². The number of nitrogens with one attached hydrogen (secondary N) is 1. The SMILES string of the molecule is Cc1nc(N(C)c2ccc(Cl)cc2)sc1-c1ccnc(Nc2cccc(Cl)c2)n1. The molecular formula is C21H17Cl2N5S. The zero-order chi connectivity index (χ0) is 20.4. The number of aryl methyl sites for hydroxylation is 1. The summed E-state index contributed by atoms with van der Waals surface area (Å²) in [6.45, 7) is 1.98. The fourth-order valence-corrected chi connectivity index (χ4v) is 4.11. The first kappa shape index (κ1) is 19.6. The molecule has 2 aromatic heterocycles. The first-order valence-electron chi connectivity index (χ1n) is 8.82. The molecule has 146 valence electrons. The third kappa shape index (κ3) is 4.50. The van der Waals surface area contributed by atoms with Gasteiger partial charge < -0.3 is 10.2 Å². The van der Waals surface area contributed by atoms with E-state index in [1.54, 1.807) is 17.5 Å². The van der Waals surface area contributed by atoms with Crippen LogP contribution in [0.15, 0.2) is 60.8 Å². The Morgan fingerprint density at radius 1 is 0.966 bits per heavy atom. The van der Waals surface area contributed by atoms with Crippen molar-refractivity contribution >= 4 is 57.0 Å². The highest BCUT2D eigenvalue weighted by Gasteiger charge is 2.15. The summed E-state index contributed by atoms with van der Waals surface area (Å²) in [7, 11) is 1.98. The summed E-state index contributed by atoms with van der Waals surface area (Å²) in [5, 5.41) is 5.43. The molecule has 0 saturated heterocycles. The number of benzene rings is 2. The highest BCUT2D eigenvalue weighted by molar-refractivity contribution is 7.19. The van der Waals surface area contributed by atoms with Gasteiger partial charge in [0, 0.05) is 34.7 Å². The van der Waals surface area contributed by atoms with Crippen LogP contribution in [0, 0.1) is 6.92 Å². The van der Waals surface area contributed by atoms with E-state index in [0.29, 0.717) is 16.0 Å². The van der Waals surface area contributed by atoms with Gasteiger partial charge in [-0.1, -0.05) is 40.6 Å². The summed E-state index contributed by atoms with van der Waals surface area (Å²) in [5.74, 6) is 0.505. The number of anilines is 4. The van der Waals surface area contributed by atoms with E-state index in [9.17, 15) is 0 Å². The van der Waals surface area contributed by atoms with Crippen molar-refractivity contribution in [1.29, 1.82) is 0 Å². The standard InChI is InChI=1S/C21H17Cl2N5S/c1-13-19(29-21(25-13)28(2)17-8-6-14(22)7-9-17)18-10-11-24-20(27-18)26-16-5-3-4-15(23)12-16/h3-12H,1-2H3,(H,24,26,27). The van der Waals surface area contributed by atoms with Crippen LogP contribution < -0.4 is 10.2 Å². The van der Waals surface area contributed by atoms with E-state index in [2.05, 4.69) is 15.3 Å². The van der Waals surface area contributed by atoms with Crippen LogP contribution in [0.5, 0.6) is 0 Å². The normalized spacial score (nSPS) is 10.8. The summed E-state index contributed by atoms with van der Waals surface area (Å²) in [6, 6.07) is 17.0. The Morgan fingerprint density at radius 3 is 2.52 bits per heavy atom. The average Bonchev–Trinajstić information content (AvgIpc) is 3.10. The molecule has 29 heavy (non-hydrogen) atoms. The van der Waals surface area contributed by atoms with E-state index in [1.165, 1.54) is 0 Å². The molecular weight excluding hydrogens is 425 g/mol. The van der Waals surface area contributed by atoms with Gasteiger partial charge in [0.2, 0.25) is 5.95 Å². The maximum absolute atomic E-state index is 6.05. The lowest BCUT2D eigenvalue weighted by atomic mass is 10.3. The van der Waals surface area contributed by atoms with Gasteiger partial charge in [0.1, 0.15) is 0 Å². The Bertz CT molecular complexity index is 1140. The summed E-state index contributed by atoms with van der Waals surface area (Å²) in [6.07, 6.45) is 1.73. The maximum atomic E-state index is 6.05. The summed E-state index contributed by atoms with van der Waals surface area (Å²) in [5.41, 5.74) is 3.58. The van der Waals surface area contributed by atoms with Gasteiger partial charge in [-0.05, 0) is 55.5 Å². The van der Waals surface area contributed by atoms with Gasteiger partial charge in [-0.3, -0.25) is 0 Å². The van der Waals surface area contributed by atoms with E-state index in [1.807, 2.05) is 73.5 Å². The van der Waals surface area contributed by atoms with Gasteiger partial charge in [0.15, 0.2) is 5.13 Å². The molecule has 2 aromatic carbocycles. The highest BCUT2D eigenvalue weighted by Crippen LogP contribution is 2.36. The van der Waals surface area contributed by atoms with Crippen molar-refractivity contribution in [3.8, 4) is 10.6 Å². The van der Waals surface area contributed by atoms with Crippen molar-refractivity contribution in [2.75, 3.05) is 17.3 Å². The molecule has 4 aromatic rings. The Labute approximate surface area is 183 Å². The molecule has 0 aliphatic heterocycles. The first-order valence-corrected chi connectivity index (χ1v) is 10.4. The van der Waals surface area contributed by atoms with Gasteiger partial charge >= 0.3 is 0 Å². The fourth-order valence-electron chi connectivity index (χ4n) is 2.78. The molecule has 0 spiro atoms. The minimum atomic E-state index is 0.505. The predicted molar refractivity (Wildman–Crippen MR) is 122 cm³/mol. The van der Waals surface area contributed by atoms with E-state index < -0.39 is 0 Å². The lowest BCUT2D eigenvalue weighted by Gasteiger charge is -2.15. The number of halogens is 2. The quantitative estimate of drug-likeness (QED) is 0.372. The van der Waals surface area contributed by atoms with Crippen molar-refractivity contribution < 1.29 is 0 Å². The Balaban J connectivity index is 1.61. The fraction of sp³-hybridized carbons (Fsp3) is 0.0952. The van der Waals surface area contributed by atoms with Crippen molar-refractivity contribution in [1.82, 2.24) is 15.0 Å². The number of hydrogen-bond donors (Lipinski definition) is 1. The number of aromatic nitrogens is 3. The van der Waals surface area contributed by atoms with Gasteiger partial charge in [0.25, 0.3) is 0 Å². The molecule has 0 saturated carbocycles. The molecule has 0 unspecified atom stereocenters. The monoisotopic (exact) mass is 441 g/mol. The van der Waals surface area contributed by atoms with Crippen LogP contribution >= 0.6 is 34.5 Å². The number of hydrogen-bond acceptors (Lipinski definition) is 6. The summed E-state index contributed by atoms with van der Waals surface area (Å²) < 4.78 is 0. The predicted octanol–water partition coefficient (Wildman–Crippen LogP) is 6.73. The largest absolute Gasteiger partial charge is 0.324 e. The van der Waals surface area contributed by atoms with Crippen LogP contribution in [0.1, 0.15) is 5.69 Å². The maximum Gasteiger partial charge on any atom is 0.227 e. The average molecular weight is 442 g/mol. The van der Waals surface area contributed by atoms with Crippen LogP contribution in [0.25, 0.3) is 10.6 Å². The van der Waals surface area contributed by atoms with Crippen LogP contribution in [-0.4, -0.2) is 22.0 Å². The number of rotatable bonds is 5. The second-order valence-electron chi connectivity index (χ2n) is 6.35. The topological polar surface area (TPSA) is 53.9 Å². The second kappa shape index (κ2) is 8.37. The molecule has 1 N–H and O–H groups in total. The lowest BCUT2D eigenvalue weighted by molar-refractivity contribution is 1.13.